The van der Waals surface area contributed by atoms with Gasteiger partial charge in [0, 0.05) is 31.0 Å². The summed E-state index contributed by atoms with van der Waals surface area (Å²) in [6.07, 6.45) is 0. The second kappa shape index (κ2) is 8.97. The zero-order valence-electron chi connectivity index (χ0n) is 20.0. The van der Waals surface area contributed by atoms with E-state index in [2.05, 4.69) is 10.3 Å². The molecule has 0 aliphatic carbocycles. The molecule has 178 valence electrons. The molecule has 1 aliphatic heterocycles. The van der Waals surface area contributed by atoms with Gasteiger partial charge in [0.25, 0.3) is 0 Å². The van der Waals surface area contributed by atoms with E-state index < -0.39 is 11.9 Å². The van der Waals surface area contributed by atoms with Gasteiger partial charge in [0.05, 0.1) is 26.9 Å². The number of amides is 1. The van der Waals surface area contributed by atoms with Crippen LogP contribution in [0.15, 0.2) is 47.7 Å². The van der Waals surface area contributed by atoms with Gasteiger partial charge in [0.1, 0.15) is 6.04 Å². The number of hydrogen-bond acceptors (Lipinski definition) is 8. The number of carbonyl (C=O) groups is 1. The summed E-state index contributed by atoms with van der Waals surface area (Å²) >= 11 is 0. The molecule has 2 heterocycles. The van der Waals surface area contributed by atoms with Crippen LogP contribution in [-0.4, -0.2) is 56.1 Å². The smallest absolute Gasteiger partial charge is 0.248 e. The largest absolute Gasteiger partial charge is 0.493 e. The molecule has 0 bridgehead atoms. The normalized spacial score (nSPS) is 14.8. The molecular weight excluding hydrogens is 436 g/mol. The topological polar surface area (TPSA) is 117 Å². The number of rotatable bonds is 7. The van der Waals surface area contributed by atoms with Gasteiger partial charge in [0.2, 0.25) is 17.6 Å². The first kappa shape index (κ1) is 23.0. The van der Waals surface area contributed by atoms with Crippen molar-refractivity contribution in [3.05, 3.63) is 53.2 Å². The summed E-state index contributed by atoms with van der Waals surface area (Å²) in [7, 11) is 8.57. The quantitative estimate of drug-likeness (QED) is 0.548. The number of nitrogens with two attached hydrogens (primary N) is 1. The van der Waals surface area contributed by atoms with Gasteiger partial charge in [-0.25, -0.2) is 4.68 Å². The number of aromatic nitrogens is 3. The molecule has 0 fully saturated rings. The molecule has 1 amide bonds. The van der Waals surface area contributed by atoms with Crippen molar-refractivity contribution < 1.29 is 19.0 Å². The molecule has 0 spiro atoms. The van der Waals surface area contributed by atoms with Gasteiger partial charge in [-0.3, -0.25) is 4.79 Å². The van der Waals surface area contributed by atoms with Crippen molar-refractivity contribution in [2.45, 2.75) is 13.0 Å². The molecule has 1 aromatic heterocycles. The average Bonchev–Trinajstić information content (AvgIpc) is 3.25. The Bertz CT molecular complexity index is 1240. The Morgan fingerprint density at radius 2 is 1.68 bits per heavy atom. The molecular formula is C24H28N6O4. The van der Waals surface area contributed by atoms with E-state index in [1.54, 1.807) is 23.7 Å². The lowest BCUT2D eigenvalue weighted by atomic mass is 9.94. The molecule has 3 aromatic rings. The third-order valence-electron chi connectivity index (χ3n) is 5.76. The molecule has 0 saturated heterocycles. The Kier molecular flexibility index (Phi) is 6.06. The summed E-state index contributed by atoms with van der Waals surface area (Å²) in [5.74, 6) is 1.80. The van der Waals surface area contributed by atoms with E-state index in [-0.39, 0.29) is 0 Å². The van der Waals surface area contributed by atoms with Crippen molar-refractivity contribution in [1.29, 1.82) is 0 Å². The van der Waals surface area contributed by atoms with Crippen LogP contribution in [0.1, 0.15) is 18.5 Å². The van der Waals surface area contributed by atoms with Crippen LogP contribution in [0, 0.1) is 0 Å². The summed E-state index contributed by atoms with van der Waals surface area (Å²) in [4.78, 5) is 19.2. The Balaban J connectivity index is 1.88. The minimum absolute atomic E-state index is 0.362. The van der Waals surface area contributed by atoms with E-state index in [9.17, 15) is 4.79 Å². The lowest BCUT2D eigenvalue weighted by Gasteiger charge is -2.28. The fourth-order valence-electron chi connectivity index (χ4n) is 4.07. The molecule has 34 heavy (non-hydrogen) atoms. The summed E-state index contributed by atoms with van der Waals surface area (Å²) in [6.45, 7) is 1.79. The predicted octanol–water partition coefficient (Wildman–Crippen LogP) is 2.81. The van der Waals surface area contributed by atoms with E-state index in [4.69, 9.17) is 25.0 Å². The van der Waals surface area contributed by atoms with Gasteiger partial charge < -0.3 is 30.2 Å². The number of benzene rings is 2. The van der Waals surface area contributed by atoms with E-state index in [1.165, 1.54) is 21.3 Å². The van der Waals surface area contributed by atoms with E-state index in [0.29, 0.717) is 45.9 Å². The minimum atomic E-state index is -0.648. The first-order valence-electron chi connectivity index (χ1n) is 10.6. The molecule has 0 radical (unpaired) electrons. The molecule has 1 atom stereocenters. The highest BCUT2D eigenvalue weighted by Gasteiger charge is 2.34. The molecule has 3 N–H and O–H groups in total. The van der Waals surface area contributed by atoms with Crippen molar-refractivity contribution in [1.82, 2.24) is 14.8 Å². The number of primary amides is 1. The van der Waals surface area contributed by atoms with Crippen LogP contribution in [0.3, 0.4) is 0 Å². The van der Waals surface area contributed by atoms with Gasteiger partial charge in [0.15, 0.2) is 17.3 Å². The first-order chi connectivity index (χ1) is 16.3. The third kappa shape index (κ3) is 3.87. The standard InChI is InChI=1S/C24H28N6O4/c1-13-19(22(25)31)20(15-11-17(32-4)21(34-6)18(12-15)33-5)30-24(26-13)27-23(28-30)14-7-9-16(10-8-14)29(2)3/h7-12,20H,1-6H3,(H2,25,31)(H,26,27,28). The Labute approximate surface area is 197 Å². The first-order valence-corrected chi connectivity index (χ1v) is 10.6. The predicted molar refractivity (Wildman–Crippen MR) is 130 cm³/mol. The second-order valence-electron chi connectivity index (χ2n) is 8.03. The number of nitrogens with one attached hydrogen (secondary N) is 1. The highest BCUT2D eigenvalue weighted by Crippen LogP contribution is 2.44. The van der Waals surface area contributed by atoms with E-state index in [1.807, 2.05) is 43.3 Å². The van der Waals surface area contributed by atoms with Crippen LogP contribution >= 0.6 is 0 Å². The van der Waals surface area contributed by atoms with Crippen molar-refractivity contribution in [2.24, 2.45) is 5.73 Å². The molecule has 10 heteroatoms. The summed E-state index contributed by atoms with van der Waals surface area (Å²) < 4.78 is 18.2. The van der Waals surface area contributed by atoms with E-state index in [0.717, 1.165) is 11.3 Å². The molecule has 1 unspecified atom stereocenters. The van der Waals surface area contributed by atoms with Crippen molar-refractivity contribution in [3.63, 3.8) is 0 Å². The maximum absolute atomic E-state index is 12.5. The van der Waals surface area contributed by atoms with Crippen molar-refractivity contribution in [2.75, 3.05) is 45.6 Å². The molecule has 0 saturated carbocycles. The van der Waals surface area contributed by atoms with Gasteiger partial charge in [-0.2, -0.15) is 4.98 Å². The van der Waals surface area contributed by atoms with Crippen LogP contribution in [-0.2, 0) is 4.79 Å². The molecule has 10 nitrogen and oxygen atoms in total. The fraction of sp³-hybridized carbons (Fsp3) is 0.292. The Hall–Kier alpha value is -4.21. The number of allylic oxidation sites excluding steroid dienone is 1. The monoisotopic (exact) mass is 464 g/mol. The summed E-state index contributed by atoms with van der Waals surface area (Å²) in [5, 5.41) is 7.91. The highest BCUT2D eigenvalue weighted by atomic mass is 16.5. The molecule has 2 aromatic carbocycles. The SMILES string of the molecule is COc1cc(C2C(C(N)=O)=C(C)Nc3nc(-c4ccc(N(C)C)cc4)nn32)cc(OC)c1OC. The minimum Gasteiger partial charge on any atom is -0.493 e. The fourth-order valence-corrected chi connectivity index (χ4v) is 4.07. The zero-order chi connectivity index (χ0) is 24.6. The lowest BCUT2D eigenvalue weighted by molar-refractivity contribution is -0.115. The average molecular weight is 465 g/mol. The van der Waals surface area contributed by atoms with Gasteiger partial charge >= 0.3 is 0 Å². The molecule has 4 rings (SSSR count). The summed E-state index contributed by atoms with van der Waals surface area (Å²) in [6, 6.07) is 10.8. The van der Waals surface area contributed by atoms with Crippen LogP contribution < -0.4 is 30.2 Å². The highest BCUT2D eigenvalue weighted by molar-refractivity contribution is 5.95. The van der Waals surface area contributed by atoms with Crippen LogP contribution in [0.25, 0.3) is 11.4 Å². The van der Waals surface area contributed by atoms with Crippen LogP contribution in [0.4, 0.5) is 11.6 Å². The van der Waals surface area contributed by atoms with Gasteiger partial charge in [-0.15, -0.1) is 5.10 Å². The number of fused-ring (bicyclic) bond motifs is 1. The maximum atomic E-state index is 12.5. The number of ether oxygens (including phenoxy) is 3. The van der Waals surface area contributed by atoms with Gasteiger partial charge in [-0.1, -0.05) is 0 Å². The number of methoxy groups -OCH3 is 3. The third-order valence-corrected chi connectivity index (χ3v) is 5.76. The Morgan fingerprint density at radius 3 is 2.18 bits per heavy atom. The second-order valence-corrected chi connectivity index (χ2v) is 8.03. The number of hydrogen-bond donors (Lipinski definition) is 2. The maximum Gasteiger partial charge on any atom is 0.248 e. The number of carbonyl (C=O) groups excluding carboxylic acids is 1. The number of anilines is 2. The summed E-state index contributed by atoms with van der Waals surface area (Å²) in [5.41, 5.74) is 9.37. The van der Waals surface area contributed by atoms with Crippen LogP contribution in [0.2, 0.25) is 0 Å². The van der Waals surface area contributed by atoms with Crippen molar-refractivity contribution >= 4 is 17.5 Å². The molecule has 1 aliphatic rings. The Morgan fingerprint density at radius 1 is 1.06 bits per heavy atom. The zero-order valence-corrected chi connectivity index (χ0v) is 20.0. The van der Waals surface area contributed by atoms with Gasteiger partial charge in [-0.05, 0) is 48.9 Å². The number of nitrogens with zero attached hydrogens (tertiary/aromatic N) is 4. The van der Waals surface area contributed by atoms with E-state index >= 15 is 0 Å². The lowest BCUT2D eigenvalue weighted by Crippen LogP contribution is -2.31. The van der Waals surface area contributed by atoms with Crippen LogP contribution in [0.5, 0.6) is 17.2 Å². The van der Waals surface area contributed by atoms with Crippen molar-refractivity contribution in [3.8, 4) is 28.6 Å².